The Morgan fingerprint density at radius 1 is 0.707 bits per heavy atom. The fourth-order valence-electron chi connectivity index (χ4n) is 7.45. The van der Waals surface area contributed by atoms with E-state index >= 15 is 0 Å². The first kappa shape index (κ1) is 49.6. The van der Waals surface area contributed by atoms with Gasteiger partial charge in [0.25, 0.3) is 0 Å². The first-order chi connectivity index (χ1) is 28.2. The standard InChI is InChI=1S/C47H75NO10/c1-2-3-4-5-6-7-8-9-10-11-12-15-21-29-40(50)39(35-57-47-46(55)45(54)44(53)41(33-49)58-47)48-42(51)30-22-16-13-14-17-23-31-56-34-36-25-24-28-38(32-36)43(52)37-26-19-18-20-27-37/h18-20,24-28,32,39-41,44-47,49-50,53-55H,2-17,21-23,29-31,33-35H2,1H3,(H,48,51). The lowest BCUT2D eigenvalue weighted by Crippen LogP contribution is -2.60. The van der Waals surface area contributed by atoms with Crippen molar-refractivity contribution in [2.45, 2.75) is 191 Å². The van der Waals surface area contributed by atoms with Crippen LogP contribution in [0.15, 0.2) is 54.6 Å². The molecule has 3 rings (SSSR count). The zero-order chi connectivity index (χ0) is 41.8. The number of carbonyl (C=O) groups excluding carboxylic acids is 2. The minimum absolute atomic E-state index is 0.00148. The van der Waals surface area contributed by atoms with Crippen molar-refractivity contribution < 1.29 is 49.3 Å². The van der Waals surface area contributed by atoms with Gasteiger partial charge in [0.1, 0.15) is 24.4 Å². The van der Waals surface area contributed by atoms with E-state index in [1.807, 2.05) is 54.6 Å². The zero-order valence-electron chi connectivity index (χ0n) is 35.2. The molecule has 7 unspecified atom stereocenters. The Hall–Kier alpha value is -2.74. The number of ether oxygens (including phenoxy) is 3. The molecule has 1 aliphatic heterocycles. The highest BCUT2D eigenvalue weighted by molar-refractivity contribution is 6.09. The van der Waals surface area contributed by atoms with Crippen LogP contribution in [-0.2, 0) is 25.6 Å². The van der Waals surface area contributed by atoms with E-state index in [1.165, 1.54) is 64.2 Å². The lowest BCUT2D eigenvalue weighted by atomic mass is 9.99. The third-order valence-electron chi connectivity index (χ3n) is 11.1. The second-order valence-corrected chi connectivity index (χ2v) is 16.1. The molecule has 11 nitrogen and oxygen atoms in total. The van der Waals surface area contributed by atoms with Crippen molar-refractivity contribution in [2.75, 3.05) is 19.8 Å². The molecule has 0 bridgehead atoms. The first-order valence-electron chi connectivity index (χ1n) is 22.4. The van der Waals surface area contributed by atoms with Crippen LogP contribution in [0.3, 0.4) is 0 Å². The predicted octanol–water partition coefficient (Wildman–Crippen LogP) is 7.31. The number of rotatable bonds is 33. The number of hydrogen-bond acceptors (Lipinski definition) is 10. The fraction of sp³-hybridized carbons (Fsp3) is 0.702. The fourth-order valence-corrected chi connectivity index (χ4v) is 7.45. The molecule has 2 aromatic rings. The Labute approximate surface area is 347 Å². The van der Waals surface area contributed by atoms with Crippen LogP contribution in [0.5, 0.6) is 0 Å². The van der Waals surface area contributed by atoms with E-state index in [9.17, 15) is 35.1 Å². The molecule has 58 heavy (non-hydrogen) atoms. The van der Waals surface area contributed by atoms with Gasteiger partial charge >= 0.3 is 0 Å². The summed E-state index contributed by atoms with van der Waals surface area (Å²) in [5.74, 6) is -0.201. The Morgan fingerprint density at radius 2 is 1.29 bits per heavy atom. The van der Waals surface area contributed by atoms with E-state index in [1.54, 1.807) is 0 Å². The largest absolute Gasteiger partial charge is 0.394 e. The zero-order valence-corrected chi connectivity index (χ0v) is 35.2. The minimum atomic E-state index is -1.58. The van der Waals surface area contributed by atoms with Crippen molar-refractivity contribution in [3.8, 4) is 0 Å². The van der Waals surface area contributed by atoms with E-state index < -0.39 is 49.5 Å². The Morgan fingerprint density at radius 3 is 1.93 bits per heavy atom. The van der Waals surface area contributed by atoms with Crippen LogP contribution >= 0.6 is 0 Å². The molecule has 1 fully saturated rings. The molecule has 1 saturated heterocycles. The summed E-state index contributed by atoms with van der Waals surface area (Å²) in [4.78, 5) is 25.8. The molecule has 0 saturated carbocycles. The highest BCUT2D eigenvalue weighted by atomic mass is 16.7. The molecule has 7 atom stereocenters. The third-order valence-corrected chi connectivity index (χ3v) is 11.1. The second-order valence-electron chi connectivity index (χ2n) is 16.1. The molecular formula is C47H75NO10. The number of ketones is 1. The van der Waals surface area contributed by atoms with Crippen molar-refractivity contribution in [2.24, 2.45) is 0 Å². The van der Waals surface area contributed by atoms with Crippen LogP contribution in [0.4, 0.5) is 0 Å². The van der Waals surface area contributed by atoms with E-state index in [2.05, 4.69) is 12.2 Å². The van der Waals surface area contributed by atoms with Gasteiger partial charge in [-0.05, 0) is 30.9 Å². The maximum atomic E-state index is 13.0. The van der Waals surface area contributed by atoms with Crippen molar-refractivity contribution in [1.29, 1.82) is 0 Å². The number of benzene rings is 2. The lowest BCUT2D eigenvalue weighted by Gasteiger charge is -2.40. The average Bonchev–Trinajstić information content (AvgIpc) is 3.24. The maximum Gasteiger partial charge on any atom is 0.220 e. The summed E-state index contributed by atoms with van der Waals surface area (Å²) in [5, 5.41) is 54.3. The number of nitrogens with one attached hydrogen (secondary N) is 1. The SMILES string of the molecule is CCCCCCCCCCCCCCCC(O)C(COC1OC(CO)C(O)C(O)C1O)NC(=O)CCCCCCCCOCc1cccc(C(=O)c2ccccc2)c1. The summed E-state index contributed by atoms with van der Waals surface area (Å²) >= 11 is 0. The topological polar surface area (TPSA) is 175 Å². The highest BCUT2D eigenvalue weighted by Gasteiger charge is 2.44. The van der Waals surface area contributed by atoms with Gasteiger partial charge in [-0.25, -0.2) is 0 Å². The van der Waals surface area contributed by atoms with Gasteiger partial charge < -0.3 is 45.1 Å². The number of unbranched alkanes of at least 4 members (excludes halogenated alkanes) is 17. The number of aliphatic hydroxyl groups is 5. The molecule has 2 aromatic carbocycles. The van der Waals surface area contributed by atoms with E-state index in [4.69, 9.17) is 14.2 Å². The molecule has 0 radical (unpaired) electrons. The summed E-state index contributed by atoms with van der Waals surface area (Å²) in [6, 6.07) is 16.1. The summed E-state index contributed by atoms with van der Waals surface area (Å²) in [5.41, 5.74) is 2.29. The van der Waals surface area contributed by atoms with E-state index in [-0.39, 0.29) is 18.3 Å². The molecular weight excluding hydrogens is 739 g/mol. The molecule has 0 aliphatic carbocycles. The van der Waals surface area contributed by atoms with Gasteiger partial charge in [0.2, 0.25) is 5.91 Å². The van der Waals surface area contributed by atoms with Gasteiger partial charge in [0, 0.05) is 24.2 Å². The van der Waals surface area contributed by atoms with E-state index in [0.29, 0.717) is 43.6 Å². The van der Waals surface area contributed by atoms with Gasteiger partial charge in [0.15, 0.2) is 12.1 Å². The van der Waals surface area contributed by atoms with Crippen molar-refractivity contribution in [3.63, 3.8) is 0 Å². The van der Waals surface area contributed by atoms with Crippen LogP contribution in [0.2, 0.25) is 0 Å². The Balaban J connectivity index is 1.31. The van der Waals surface area contributed by atoms with Crippen molar-refractivity contribution in [1.82, 2.24) is 5.32 Å². The molecule has 1 heterocycles. The number of amides is 1. The third kappa shape index (κ3) is 19.5. The Bertz CT molecular complexity index is 1360. The number of hydrogen-bond donors (Lipinski definition) is 6. The smallest absolute Gasteiger partial charge is 0.220 e. The lowest BCUT2D eigenvalue weighted by molar-refractivity contribution is -0.302. The predicted molar refractivity (Wildman–Crippen MR) is 226 cm³/mol. The average molecular weight is 814 g/mol. The van der Waals surface area contributed by atoms with Crippen LogP contribution in [-0.4, -0.2) is 99.9 Å². The van der Waals surface area contributed by atoms with Gasteiger partial charge in [-0.15, -0.1) is 0 Å². The quantitative estimate of drug-likeness (QED) is 0.0317. The molecule has 0 spiro atoms. The number of aliphatic hydroxyl groups excluding tert-OH is 5. The molecule has 11 heteroatoms. The van der Waals surface area contributed by atoms with Crippen LogP contribution in [0.25, 0.3) is 0 Å². The molecule has 6 N–H and O–H groups in total. The summed E-state index contributed by atoms with van der Waals surface area (Å²) < 4.78 is 17.1. The molecule has 0 aromatic heterocycles. The minimum Gasteiger partial charge on any atom is -0.394 e. The molecule has 328 valence electrons. The van der Waals surface area contributed by atoms with E-state index in [0.717, 1.165) is 56.9 Å². The summed E-state index contributed by atoms with van der Waals surface area (Å²) in [7, 11) is 0. The second kappa shape index (κ2) is 30.3. The summed E-state index contributed by atoms with van der Waals surface area (Å²) in [6.45, 7) is 2.58. The van der Waals surface area contributed by atoms with Crippen molar-refractivity contribution in [3.05, 3.63) is 71.3 Å². The first-order valence-corrected chi connectivity index (χ1v) is 22.4. The van der Waals surface area contributed by atoms with Gasteiger partial charge in [-0.3, -0.25) is 9.59 Å². The summed E-state index contributed by atoms with van der Waals surface area (Å²) in [6.07, 6.45) is 14.2. The number of carbonyl (C=O) groups is 2. The monoisotopic (exact) mass is 814 g/mol. The normalized spacial score (nSPS) is 20.5. The highest BCUT2D eigenvalue weighted by Crippen LogP contribution is 2.23. The van der Waals surface area contributed by atoms with Gasteiger partial charge in [-0.2, -0.15) is 0 Å². The Kier molecular flexibility index (Phi) is 25.9. The molecule has 1 amide bonds. The molecule has 1 aliphatic rings. The van der Waals surface area contributed by atoms with Crippen LogP contribution in [0, 0.1) is 0 Å². The van der Waals surface area contributed by atoms with Crippen LogP contribution in [0.1, 0.15) is 163 Å². The van der Waals surface area contributed by atoms with Gasteiger partial charge in [0.05, 0.1) is 32.0 Å². The van der Waals surface area contributed by atoms with Crippen LogP contribution < -0.4 is 5.32 Å². The maximum absolute atomic E-state index is 13.0. The van der Waals surface area contributed by atoms with Gasteiger partial charge in [-0.1, -0.05) is 165 Å². The van der Waals surface area contributed by atoms with Crippen molar-refractivity contribution >= 4 is 11.7 Å².